The van der Waals surface area contributed by atoms with Gasteiger partial charge in [-0.1, -0.05) is 61.5 Å². The molecule has 8 heteroatoms. The summed E-state index contributed by atoms with van der Waals surface area (Å²) in [5.41, 5.74) is 2.52. The fraction of sp³-hybridized carbons (Fsp3) is 0.167. The van der Waals surface area contributed by atoms with E-state index in [1.165, 1.54) is 25.9 Å². The number of thiophene rings is 1. The first-order chi connectivity index (χ1) is 15.6. The molecule has 0 atom stereocenters. The number of aromatic nitrogens is 4. The van der Waals surface area contributed by atoms with Crippen molar-refractivity contribution in [2.75, 3.05) is 0 Å². The molecule has 0 aliphatic heterocycles. The number of carbonyl (C=O) groups is 1. The van der Waals surface area contributed by atoms with Gasteiger partial charge < -0.3 is 0 Å². The molecule has 0 amide bonds. The van der Waals surface area contributed by atoms with Crippen molar-refractivity contribution in [3.63, 3.8) is 0 Å². The van der Waals surface area contributed by atoms with Gasteiger partial charge in [-0.15, -0.1) is 16.4 Å². The standard InChI is InChI=1S/C24H20N4O3S/c1-2-16-8-10-17(11-9-16)14-26-22(30)21-19(12-13-32-21)28-23(26)25-27(24(28)31)15-20(29)18-6-4-3-5-7-18/h3-13H,2,14-15H2,1H3. The molecule has 0 bridgehead atoms. The summed E-state index contributed by atoms with van der Waals surface area (Å²) >= 11 is 1.29. The van der Waals surface area contributed by atoms with Crippen molar-refractivity contribution < 1.29 is 4.79 Å². The number of carbonyl (C=O) groups excluding carboxylic acids is 1. The van der Waals surface area contributed by atoms with Crippen LogP contribution in [0.1, 0.15) is 28.4 Å². The van der Waals surface area contributed by atoms with E-state index in [4.69, 9.17) is 0 Å². The zero-order valence-corrected chi connectivity index (χ0v) is 18.2. The summed E-state index contributed by atoms with van der Waals surface area (Å²) in [5, 5.41) is 6.19. The average Bonchev–Trinajstić information content (AvgIpc) is 3.43. The van der Waals surface area contributed by atoms with Crippen LogP contribution in [-0.2, 0) is 19.5 Å². The second-order valence-electron chi connectivity index (χ2n) is 7.56. The third-order valence-electron chi connectivity index (χ3n) is 5.55. The lowest BCUT2D eigenvalue weighted by molar-refractivity contribution is 0.0966. The monoisotopic (exact) mass is 444 g/mol. The number of hydrogen-bond donors (Lipinski definition) is 0. The molecular weight excluding hydrogens is 424 g/mol. The number of rotatable bonds is 6. The molecule has 0 N–H and O–H groups in total. The number of ketones is 1. The van der Waals surface area contributed by atoms with Crippen LogP contribution in [0.4, 0.5) is 0 Å². The van der Waals surface area contributed by atoms with Crippen LogP contribution in [0.15, 0.2) is 75.6 Å². The minimum atomic E-state index is -0.442. The lowest BCUT2D eigenvalue weighted by atomic mass is 10.1. The van der Waals surface area contributed by atoms with Gasteiger partial charge in [0.05, 0.1) is 12.1 Å². The molecule has 0 fully saturated rings. The summed E-state index contributed by atoms with van der Waals surface area (Å²) in [4.78, 5) is 39.1. The van der Waals surface area contributed by atoms with Gasteiger partial charge in [-0.2, -0.15) is 0 Å². The van der Waals surface area contributed by atoms with E-state index in [0.717, 1.165) is 16.7 Å². The minimum Gasteiger partial charge on any atom is -0.292 e. The highest BCUT2D eigenvalue weighted by Gasteiger charge is 2.20. The molecule has 0 unspecified atom stereocenters. The number of aryl methyl sites for hydroxylation is 1. The Balaban J connectivity index is 1.65. The predicted octanol–water partition coefficient (Wildman–Crippen LogP) is 3.37. The molecule has 0 radical (unpaired) electrons. The second kappa shape index (κ2) is 8.05. The Morgan fingerprint density at radius 3 is 2.41 bits per heavy atom. The molecular formula is C24H20N4O3S. The number of Topliss-reactive ketones (excluding diaryl/α,β-unsaturated/α-hetero) is 1. The third-order valence-corrected chi connectivity index (χ3v) is 6.44. The van der Waals surface area contributed by atoms with Gasteiger partial charge in [-0.25, -0.2) is 13.9 Å². The van der Waals surface area contributed by atoms with E-state index in [9.17, 15) is 14.4 Å². The Labute approximate surface area is 186 Å². The van der Waals surface area contributed by atoms with Crippen LogP contribution < -0.4 is 11.2 Å². The molecule has 3 heterocycles. The van der Waals surface area contributed by atoms with Crippen LogP contribution in [0.25, 0.3) is 16.0 Å². The van der Waals surface area contributed by atoms with E-state index in [1.54, 1.807) is 35.7 Å². The van der Waals surface area contributed by atoms with Gasteiger partial charge in [-0.05, 0) is 29.0 Å². The number of nitrogens with zero attached hydrogens (tertiary/aromatic N) is 4. The normalized spacial score (nSPS) is 11.4. The summed E-state index contributed by atoms with van der Waals surface area (Å²) in [6, 6.07) is 18.5. The molecule has 3 aromatic heterocycles. The molecule has 0 saturated carbocycles. The van der Waals surface area contributed by atoms with Crippen LogP contribution >= 0.6 is 11.3 Å². The summed E-state index contributed by atoms with van der Waals surface area (Å²) in [7, 11) is 0. The zero-order chi connectivity index (χ0) is 22.2. The van der Waals surface area contributed by atoms with Crippen molar-refractivity contribution in [2.45, 2.75) is 26.4 Å². The van der Waals surface area contributed by atoms with E-state index >= 15 is 0 Å². The molecule has 0 aliphatic rings. The quantitative estimate of drug-likeness (QED) is 0.376. The molecule has 2 aromatic carbocycles. The van der Waals surface area contributed by atoms with Crippen molar-refractivity contribution in [3.8, 4) is 0 Å². The van der Waals surface area contributed by atoms with E-state index in [-0.39, 0.29) is 30.2 Å². The largest absolute Gasteiger partial charge is 0.352 e. The first-order valence-corrected chi connectivity index (χ1v) is 11.2. The molecule has 7 nitrogen and oxygen atoms in total. The van der Waals surface area contributed by atoms with Crippen LogP contribution in [0.5, 0.6) is 0 Å². The topological polar surface area (TPSA) is 78.4 Å². The number of hydrogen-bond acceptors (Lipinski definition) is 5. The Morgan fingerprint density at radius 1 is 0.969 bits per heavy atom. The third kappa shape index (κ3) is 3.38. The van der Waals surface area contributed by atoms with E-state index in [0.29, 0.717) is 15.8 Å². The minimum absolute atomic E-state index is 0.199. The van der Waals surface area contributed by atoms with Crippen molar-refractivity contribution in [1.82, 2.24) is 18.7 Å². The van der Waals surface area contributed by atoms with Crippen molar-refractivity contribution in [2.24, 2.45) is 0 Å². The van der Waals surface area contributed by atoms with Gasteiger partial charge in [-0.3, -0.25) is 14.2 Å². The van der Waals surface area contributed by atoms with Crippen molar-refractivity contribution >= 4 is 33.1 Å². The summed E-state index contributed by atoms with van der Waals surface area (Å²) in [6.45, 7) is 2.17. The molecule has 0 aliphatic carbocycles. The van der Waals surface area contributed by atoms with E-state index < -0.39 is 5.69 Å². The highest BCUT2D eigenvalue weighted by atomic mass is 32.1. The van der Waals surface area contributed by atoms with E-state index in [2.05, 4.69) is 12.0 Å². The Hall–Kier alpha value is -3.78. The lowest BCUT2D eigenvalue weighted by Crippen LogP contribution is -2.27. The van der Waals surface area contributed by atoms with Crippen LogP contribution in [-0.4, -0.2) is 24.5 Å². The average molecular weight is 445 g/mol. The molecule has 32 heavy (non-hydrogen) atoms. The lowest BCUT2D eigenvalue weighted by Gasteiger charge is -2.08. The second-order valence-corrected chi connectivity index (χ2v) is 8.48. The maximum Gasteiger partial charge on any atom is 0.352 e. The maximum absolute atomic E-state index is 13.2. The smallest absolute Gasteiger partial charge is 0.292 e. The zero-order valence-electron chi connectivity index (χ0n) is 17.4. The molecule has 5 aromatic rings. The Kier molecular flexibility index (Phi) is 5.07. The van der Waals surface area contributed by atoms with Crippen LogP contribution in [0.2, 0.25) is 0 Å². The van der Waals surface area contributed by atoms with Gasteiger partial charge in [0.2, 0.25) is 5.78 Å². The van der Waals surface area contributed by atoms with Crippen LogP contribution in [0.3, 0.4) is 0 Å². The van der Waals surface area contributed by atoms with Crippen molar-refractivity contribution in [1.29, 1.82) is 0 Å². The highest BCUT2D eigenvalue weighted by Crippen LogP contribution is 2.18. The number of fused-ring (bicyclic) bond motifs is 3. The van der Waals surface area contributed by atoms with Gasteiger partial charge in [0, 0.05) is 5.56 Å². The molecule has 160 valence electrons. The van der Waals surface area contributed by atoms with Gasteiger partial charge in [0.15, 0.2) is 5.78 Å². The summed E-state index contributed by atoms with van der Waals surface area (Å²) in [5.74, 6) is 0.00745. The first kappa shape index (κ1) is 20.1. The van der Waals surface area contributed by atoms with Crippen LogP contribution in [0, 0.1) is 0 Å². The highest BCUT2D eigenvalue weighted by molar-refractivity contribution is 7.17. The van der Waals surface area contributed by atoms with Gasteiger partial charge in [0.25, 0.3) is 5.56 Å². The van der Waals surface area contributed by atoms with E-state index in [1.807, 2.05) is 30.3 Å². The first-order valence-electron chi connectivity index (χ1n) is 10.3. The van der Waals surface area contributed by atoms with Gasteiger partial charge in [0.1, 0.15) is 11.2 Å². The Bertz CT molecular complexity index is 1560. The fourth-order valence-corrected chi connectivity index (χ4v) is 4.62. The number of benzene rings is 2. The maximum atomic E-state index is 13.2. The molecule has 0 saturated heterocycles. The van der Waals surface area contributed by atoms with Crippen molar-refractivity contribution in [3.05, 3.63) is 104 Å². The Morgan fingerprint density at radius 2 is 1.69 bits per heavy atom. The summed E-state index contributed by atoms with van der Waals surface area (Å²) < 4.78 is 4.55. The SMILES string of the molecule is CCc1ccc(Cn2c(=O)c3sccc3n3c(=O)n(CC(=O)c4ccccc4)nc23)cc1. The molecule has 0 spiro atoms. The fourth-order valence-electron chi connectivity index (χ4n) is 3.79. The predicted molar refractivity (Wildman–Crippen MR) is 125 cm³/mol. The molecule has 5 rings (SSSR count). The summed E-state index contributed by atoms with van der Waals surface area (Å²) in [6.07, 6.45) is 0.931. The van der Waals surface area contributed by atoms with Gasteiger partial charge >= 0.3 is 5.69 Å².